The van der Waals surface area contributed by atoms with Crippen LogP contribution in [0.25, 0.3) is 0 Å². The standard InChI is InChI=1S/C7H6Cl3NO2S/c1-11-14(12,13)7-5(9)2-4(8)3-6(7)10/h2-3,11H,1H3. The lowest BCUT2D eigenvalue weighted by atomic mass is 10.4. The molecule has 1 rings (SSSR count). The molecule has 14 heavy (non-hydrogen) atoms. The van der Waals surface area contributed by atoms with Crippen molar-refractivity contribution in [2.45, 2.75) is 4.90 Å². The molecule has 0 aliphatic rings. The van der Waals surface area contributed by atoms with Gasteiger partial charge in [0.05, 0.1) is 10.0 Å². The Morgan fingerprint density at radius 1 is 1.14 bits per heavy atom. The van der Waals surface area contributed by atoms with Gasteiger partial charge in [0.15, 0.2) is 0 Å². The van der Waals surface area contributed by atoms with Crippen LogP contribution in [-0.2, 0) is 10.0 Å². The second-order valence-corrected chi connectivity index (χ2v) is 5.48. The normalized spacial score (nSPS) is 11.7. The van der Waals surface area contributed by atoms with E-state index in [9.17, 15) is 8.42 Å². The zero-order valence-corrected chi connectivity index (χ0v) is 10.1. The van der Waals surface area contributed by atoms with E-state index in [-0.39, 0.29) is 20.0 Å². The molecule has 3 nitrogen and oxygen atoms in total. The molecule has 0 heterocycles. The van der Waals surface area contributed by atoms with Crippen LogP contribution in [0.5, 0.6) is 0 Å². The summed E-state index contributed by atoms with van der Waals surface area (Å²) in [5.41, 5.74) is 0. The van der Waals surface area contributed by atoms with Crippen LogP contribution in [0.15, 0.2) is 17.0 Å². The number of nitrogens with one attached hydrogen (secondary N) is 1. The molecule has 0 aliphatic heterocycles. The van der Waals surface area contributed by atoms with Gasteiger partial charge >= 0.3 is 0 Å². The van der Waals surface area contributed by atoms with Gasteiger partial charge in [-0.25, -0.2) is 13.1 Å². The Morgan fingerprint density at radius 3 is 1.93 bits per heavy atom. The van der Waals surface area contributed by atoms with Crippen LogP contribution in [0.2, 0.25) is 15.1 Å². The fourth-order valence-electron chi connectivity index (χ4n) is 0.888. The van der Waals surface area contributed by atoms with Crippen LogP contribution in [0.3, 0.4) is 0 Å². The summed E-state index contributed by atoms with van der Waals surface area (Å²) in [6.45, 7) is 0. The average molecular weight is 275 g/mol. The van der Waals surface area contributed by atoms with Crippen LogP contribution in [0.4, 0.5) is 0 Å². The van der Waals surface area contributed by atoms with Crippen LogP contribution in [0.1, 0.15) is 0 Å². The molecule has 0 saturated carbocycles. The number of hydrogen-bond donors (Lipinski definition) is 1. The van der Waals surface area contributed by atoms with Crippen molar-refractivity contribution in [2.75, 3.05) is 7.05 Å². The molecule has 0 fully saturated rings. The maximum atomic E-state index is 11.4. The van der Waals surface area contributed by atoms with E-state index in [1.807, 2.05) is 0 Å². The Morgan fingerprint density at radius 2 is 1.57 bits per heavy atom. The smallest absolute Gasteiger partial charge is 0.214 e. The Balaban J connectivity index is 3.51. The summed E-state index contributed by atoms with van der Waals surface area (Å²) in [4.78, 5) is -0.160. The second-order valence-electron chi connectivity index (χ2n) is 2.41. The maximum absolute atomic E-state index is 11.4. The highest BCUT2D eigenvalue weighted by atomic mass is 35.5. The highest BCUT2D eigenvalue weighted by Gasteiger charge is 2.20. The molecule has 7 heteroatoms. The molecule has 1 N–H and O–H groups in total. The molecule has 78 valence electrons. The van der Waals surface area contributed by atoms with Gasteiger partial charge in [-0.3, -0.25) is 0 Å². The summed E-state index contributed by atoms with van der Waals surface area (Å²) < 4.78 is 25.0. The first-order valence-corrected chi connectivity index (χ1v) is 6.08. The lowest BCUT2D eigenvalue weighted by Crippen LogP contribution is -2.19. The second kappa shape index (κ2) is 4.24. The number of sulfonamides is 1. The zero-order valence-electron chi connectivity index (χ0n) is 7.01. The van der Waals surface area contributed by atoms with E-state index in [1.54, 1.807) is 0 Å². The fraction of sp³-hybridized carbons (Fsp3) is 0.143. The van der Waals surface area contributed by atoms with Crippen LogP contribution in [0, 0.1) is 0 Å². The number of rotatable bonds is 2. The average Bonchev–Trinajstić information content (AvgIpc) is 2.01. The molecule has 0 amide bonds. The van der Waals surface area contributed by atoms with Crippen LogP contribution >= 0.6 is 34.8 Å². The van der Waals surface area contributed by atoms with E-state index >= 15 is 0 Å². The van der Waals surface area contributed by atoms with Gasteiger partial charge in [-0.2, -0.15) is 0 Å². The Bertz CT molecular complexity index is 435. The van der Waals surface area contributed by atoms with Crippen molar-refractivity contribution < 1.29 is 8.42 Å². The number of benzene rings is 1. The SMILES string of the molecule is CNS(=O)(=O)c1c(Cl)cc(Cl)cc1Cl. The molecule has 1 aromatic rings. The first-order chi connectivity index (χ1) is 6.38. The molecule has 0 aliphatic carbocycles. The van der Waals surface area contributed by atoms with Gasteiger partial charge in [-0.15, -0.1) is 0 Å². The van der Waals surface area contributed by atoms with Gasteiger partial charge in [-0.1, -0.05) is 34.8 Å². The molecular formula is C7H6Cl3NO2S. The van der Waals surface area contributed by atoms with Crippen molar-refractivity contribution in [1.29, 1.82) is 0 Å². The van der Waals surface area contributed by atoms with E-state index in [0.29, 0.717) is 0 Å². The van der Waals surface area contributed by atoms with E-state index < -0.39 is 10.0 Å². The van der Waals surface area contributed by atoms with Gasteiger partial charge in [0, 0.05) is 5.02 Å². The molecule has 0 aromatic heterocycles. The van der Waals surface area contributed by atoms with Crippen molar-refractivity contribution in [2.24, 2.45) is 0 Å². The van der Waals surface area contributed by atoms with Crippen molar-refractivity contribution in [3.8, 4) is 0 Å². The van der Waals surface area contributed by atoms with Gasteiger partial charge in [0.25, 0.3) is 0 Å². The van der Waals surface area contributed by atoms with E-state index in [1.165, 1.54) is 19.2 Å². The van der Waals surface area contributed by atoms with E-state index in [2.05, 4.69) is 4.72 Å². The van der Waals surface area contributed by atoms with E-state index in [4.69, 9.17) is 34.8 Å². The Hall–Kier alpha value is -0.000000000000000111. The largest absolute Gasteiger partial charge is 0.243 e. The molecule has 0 atom stereocenters. The highest BCUT2D eigenvalue weighted by Crippen LogP contribution is 2.32. The number of halogens is 3. The summed E-state index contributed by atoms with van der Waals surface area (Å²) in [6.07, 6.45) is 0. The highest BCUT2D eigenvalue weighted by molar-refractivity contribution is 7.89. The molecule has 0 unspecified atom stereocenters. The van der Waals surface area contributed by atoms with Crippen molar-refractivity contribution in [1.82, 2.24) is 4.72 Å². The third-order valence-electron chi connectivity index (χ3n) is 1.50. The fourth-order valence-corrected chi connectivity index (χ4v) is 3.15. The minimum atomic E-state index is -3.65. The molecule has 1 aromatic carbocycles. The molecule has 0 spiro atoms. The summed E-state index contributed by atoms with van der Waals surface area (Å²) in [7, 11) is -2.37. The molecule has 0 bridgehead atoms. The first kappa shape index (κ1) is 12.1. The molecule has 0 saturated heterocycles. The third kappa shape index (κ3) is 2.32. The minimum absolute atomic E-state index is 0.00292. The maximum Gasteiger partial charge on any atom is 0.243 e. The van der Waals surface area contributed by atoms with Gasteiger partial charge in [0.2, 0.25) is 10.0 Å². The lowest BCUT2D eigenvalue weighted by Gasteiger charge is -2.07. The predicted octanol–water partition coefficient (Wildman–Crippen LogP) is 2.55. The zero-order chi connectivity index (χ0) is 10.9. The van der Waals surface area contributed by atoms with Crippen molar-refractivity contribution >= 4 is 44.8 Å². The van der Waals surface area contributed by atoms with Crippen molar-refractivity contribution in [3.63, 3.8) is 0 Å². The van der Waals surface area contributed by atoms with Crippen LogP contribution < -0.4 is 4.72 Å². The summed E-state index contributed by atoms with van der Waals surface area (Å²) in [5, 5.41) is 0.281. The van der Waals surface area contributed by atoms with E-state index in [0.717, 1.165) is 0 Å². The van der Waals surface area contributed by atoms with Gasteiger partial charge < -0.3 is 0 Å². The Labute approximate surface area is 97.0 Å². The molecule has 0 radical (unpaired) electrons. The van der Waals surface area contributed by atoms with Crippen LogP contribution in [-0.4, -0.2) is 15.5 Å². The Kier molecular flexibility index (Phi) is 3.66. The summed E-state index contributed by atoms with van der Waals surface area (Å²) >= 11 is 17.1. The van der Waals surface area contributed by atoms with Gasteiger partial charge in [-0.05, 0) is 19.2 Å². The number of hydrogen-bond acceptors (Lipinski definition) is 2. The summed E-state index contributed by atoms with van der Waals surface area (Å²) in [6, 6.07) is 2.64. The summed E-state index contributed by atoms with van der Waals surface area (Å²) in [5.74, 6) is 0. The van der Waals surface area contributed by atoms with Crippen molar-refractivity contribution in [3.05, 3.63) is 27.2 Å². The minimum Gasteiger partial charge on any atom is -0.214 e. The van der Waals surface area contributed by atoms with Gasteiger partial charge in [0.1, 0.15) is 4.90 Å². The first-order valence-electron chi connectivity index (χ1n) is 3.46. The predicted molar refractivity (Wildman–Crippen MR) is 57.7 cm³/mol. The topological polar surface area (TPSA) is 46.2 Å². The third-order valence-corrected chi connectivity index (χ3v) is 4.05. The lowest BCUT2D eigenvalue weighted by molar-refractivity contribution is 0.588. The molecular weight excluding hydrogens is 269 g/mol. The monoisotopic (exact) mass is 273 g/mol. The quantitative estimate of drug-likeness (QED) is 0.901.